The maximum atomic E-state index is 12.1. The summed E-state index contributed by atoms with van der Waals surface area (Å²) in [5, 5.41) is 2.91. The molecule has 1 heterocycles. The average Bonchev–Trinajstić information content (AvgIpc) is 2.35. The van der Waals surface area contributed by atoms with Gasteiger partial charge in [0.15, 0.2) is 0 Å². The second kappa shape index (κ2) is 5.59. The van der Waals surface area contributed by atoms with Crippen LogP contribution in [0.15, 0.2) is 18.2 Å². The predicted molar refractivity (Wildman–Crippen MR) is 76.5 cm³/mol. The van der Waals surface area contributed by atoms with E-state index in [4.69, 9.17) is 5.73 Å². The topological polar surface area (TPSA) is 59.4 Å². The lowest BCUT2D eigenvalue weighted by Gasteiger charge is -2.32. The molecular formula is C14H21N4O. The number of benzene rings is 1. The molecule has 1 aliphatic rings. The Kier molecular flexibility index (Phi) is 4.07. The zero-order valence-corrected chi connectivity index (χ0v) is 11.7. The zero-order chi connectivity index (χ0) is 14.0. The molecule has 1 amide bonds. The van der Waals surface area contributed by atoms with Crippen molar-refractivity contribution < 1.29 is 4.79 Å². The summed E-state index contributed by atoms with van der Waals surface area (Å²) in [5.74, 6) is 0.0272. The molecule has 5 heteroatoms. The largest absolute Gasteiger partial charge is 0.324 e. The van der Waals surface area contributed by atoms with Gasteiger partial charge in [-0.2, -0.15) is 0 Å². The van der Waals surface area contributed by atoms with E-state index in [1.807, 2.05) is 27.2 Å². The van der Waals surface area contributed by atoms with Gasteiger partial charge in [0.25, 0.3) is 0 Å². The summed E-state index contributed by atoms with van der Waals surface area (Å²) in [6, 6.07) is 5.26. The second-order valence-electron chi connectivity index (χ2n) is 5.32. The highest BCUT2D eigenvalue weighted by molar-refractivity contribution is 5.98. The smallest absolute Gasteiger partial charge is 0.242 e. The Balaban J connectivity index is 2.12. The first-order valence-corrected chi connectivity index (χ1v) is 6.48. The number of carbonyl (C=O) groups excluding carboxylic acids is 1. The van der Waals surface area contributed by atoms with Gasteiger partial charge in [0.05, 0.1) is 11.7 Å². The molecule has 5 nitrogen and oxygen atoms in total. The molecule has 0 saturated carbocycles. The van der Waals surface area contributed by atoms with Gasteiger partial charge < -0.3 is 16.0 Å². The van der Waals surface area contributed by atoms with Crippen LogP contribution >= 0.6 is 0 Å². The van der Waals surface area contributed by atoms with Gasteiger partial charge in [-0.1, -0.05) is 6.07 Å². The van der Waals surface area contributed by atoms with Crippen molar-refractivity contribution in [3.8, 4) is 0 Å². The predicted octanol–water partition coefficient (Wildman–Crippen LogP) is 0.958. The van der Waals surface area contributed by atoms with E-state index in [0.29, 0.717) is 12.1 Å². The van der Waals surface area contributed by atoms with E-state index in [1.165, 1.54) is 0 Å². The molecule has 1 radical (unpaired) electrons. The minimum absolute atomic E-state index is 0.0272. The number of anilines is 1. The van der Waals surface area contributed by atoms with Crippen LogP contribution in [0.2, 0.25) is 0 Å². The van der Waals surface area contributed by atoms with E-state index >= 15 is 0 Å². The van der Waals surface area contributed by atoms with Crippen LogP contribution in [-0.4, -0.2) is 56.0 Å². The van der Waals surface area contributed by atoms with Gasteiger partial charge in [-0.3, -0.25) is 9.69 Å². The standard InChI is InChI=1S/C14H21N4O/c1-17(2)7-8-18(3)13-9-10-11(15)5-4-6-12(10)16-14(13)19/h4-6,13,15H,7-9H2,1-3H3,(H,16,19). The van der Waals surface area contributed by atoms with Gasteiger partial charge in [-0.25, -0.2) is 0 Å². The summed E-state index contributed by atoms with van der Waals surface area (Å²) < 4.78 is 0. The van der Waals surface area contributed by atoms with Crippen molar-refractivity contribution in [2.24, 2.45) is 0 Å². The lowest BCUT2D eigenvalue weighted by atomic mass is 9.96. The number of fused-ring (bicyclic) bond motifs is 1. The van der Waals surface area contributed by atoms with E-state index in [1.54, 1.807) is 12.1 Å². The highest BCUT2D eigenvalue weighted by Crippen LogP contribution is 2.29. The molecule has 0 bridgehead atoms. The van der Waals surface area contributed by atoms with Gasteiger partial charge >= 0.3 is 0 Å². The molecule has 2 N–H and O–H groups in total. The monoisotopic (exact) mass is 261 g/mol. The van der Waals surface area contributed by atoms with E-state index < -0.39 is 0 Å². The SMILES string of the molecule is CN(C)CCN(C)C1Cc2c([NH])cccc2NC1=O. The minimum Gasteiger partial charge on any atom is -0.324 e. The Morgan fingerprint density at radius 2 is 2.05 bits per heavy atom. The van der Waals surface area contributed by atoms with E-state index in [2.05, 4.69) is 15.1 Å². The van der Waals surface area contributed by atoms with Gasteiger partial charge in [0.2, 0.25) is 5.91 Å². The molecular weight excluding hydrogens is 240 g/mol. The third-order valence-corrected chi connectivity index (χ3v) is 3.57. The number of carbonyl (C=O) groups is 1. The van der Waals surface area contributed by atoms with Crippen molar-refractivity contribution in [3.63, 3.8) is 0 Å². The Labute approximate surface area is 114 Å². The van der Waals surface area contributed by atoms with Crippen LogP contribution in [0.5, 0.6) is 0 Å². The highest BCUT2D eigenvalue weighted by atomic mass is 16.2. The fourth-order valence-corrected chi connectivity index (χ4v) is 2.30. The van der Waals surface area contributed by atoms with Crippen LogP contribution in [0.25, 0.3) is 0 Å². The van der Waals surface area contributed by atoms with E-state index in [0.717, 1.165) is 24.3 Å². The van der Waals surface area contributed by atoms with Gasteiger partial charge in [-0.05, 0) is 33.3 Å². The first kappa shape index (κ1) is 13.8. The summed E-state index contributed by atoms with van der Waals surface area (Å²) in [6.45, 7) is 1.75. The maximum Gasteiger partial charge on any atom is 0.242 e. The summed E-state index contributed by atoms with van der Waals surface area (Å²) in [6.07, 6.45) is 0.616. The first-order chi connectivity index (χ1) is 8.99. The molecule has 0 aromatic heterocycles. The molecule has 0 spiro atoms. The molecule has 1 aromatic carbocycles. The number of nitrogens with zero attached hydrogens (tertiary/aromatic N) is 2. The third kappa shape index (κ3) is 3.05. The van der Waals surface area contributed by atoms with Crippen LogP contribution in [-0.2, 0) is 11.2 Å². The normalized spacial score (nSPS) is 18.6. The minimum atomic E-state index is -0.182. The number of amides is 1. The molecule has 0 saturated heterocycles. The molecule has 103 valence electrons. The van der Waals surface area contributed by atoms with Crippen molar-refractivity contribution in [3.05, 3.63) is 23.8 Å². The Morgan fingerprint density at radius 1 is 1.32 bits per heavy atom. The van der Waals surface area contributed by atoms with Crippen molar-refractivity contribution in [1.82, 2.24) is 15.5 Å². The lowest BCUT2D eigenvalue weighted by Crippen LogP contribution is -2.47. The number of rotatable bonds is 4. The fraction of sp³-hybridized carbons (Fsp3) is 0.500. The maximum absolute atomic E-state index is 12.1. The summed E-state index contributed by atoms with van der Waals surface area (Å²) in [7, 11) is 6.00. The molecule has 1 aliphatic heterocycles. The Morgan fingerprint density at radius 3 is 2.74 bits per heavy atom. The summed E-state index contributed by atoms with van der Waals surface area (Å²) >= 11 is 0. The van der Waals surface area contributed by atoms with Crippen LogP contribution < -0.4 is 11.1 Å². The quantitative estimate of drug-likeness (QED) is 0.878. The van der Waals surface area contributed by atoms with Crippen molar-refractivity contribution in [2.45, 2.75) is 12.5 Å². The third-order valence-electron chi connectivity index (χ3n) is 3.57. The van der Waals surface area contributed by atoms with E-state index in [9.17, 15) is 4.79 Å². The summed E-state index contributed by atoms with van der Waals surface area (Å²) in [4.78, 5) is 16.3. The molecule has 1 atom stereocenters. The summed E-state index contributed by atoms with van der Waals surface area (Å²) in [5.41, 5.74) is 10.2. The Bertz CT molecular complexity index is 473. The molecule has 1 aromatic rings. The fourth-order valence-electron chi connectivity index (χ4n) is 2.30. The molecule has 19 heavy (non-hydrogen) atoms. The number of likely N-dealkylation sites (N-methyl/N-ethyl adjacent to an activating group) is 2. The van der Waals surface area contributed by atoms with Crippen LogP contribution in [0.1, 0.15) is 5.56 Å². The number of hydrogen-bond acceptors (Lipinski definition) is 3. The molecule has 1 unspecified atom stereocenters. The van der Waals surface area contributed by atoms with Gasteiger partial charge in [0, 0.05) is 30.8 Å². The lowest BCUT2D eigenvalue weighted by molar-refractivity contribution is -0.121. The van der Waals surface area contributed by atoms with Crippen LogP contribution in [0.3, 0.4) is 0 Å². The Hall–Kier alpha value is -1.59. The van der Waals surface area contributed by atoms with Crippen molar-refractivity contribution >= 4 is 17.3 Å². The van der Waals surface area contributed by atoms with Gasteiger partial charge in [-0.15, -0.1) is 0 Å². The molecule has 0 aliphatic carbocycles. The van der Waals surface area contributed by atoms with Crippen molar-refractivity contribution in [2.75, 3.05) is 39.5 Å². The first-order valence-electron chi connectivity index (χ1n) is 6.48. The molecule has 2 rings (SSSR count). The van der Waals surface area contributed by atoms with Crippen molar-refractivity contribution in [1.29, 1.82) is 0 Å². The average molecular weight is 261 g/mol. The van der Waals surface area contributed by atoms with Gasteiger partial charge in [0.1, 0.15) is 0 Å². The molecule has 0 fully saturated rings. The number of hydrogen-bond donors (Lipinski definition) is 1. The van der Waals surface area contributed by atoms with Crippen LogP contribution in [0, 0.1) is 0 Å². The van der Waals surface area contributed by atoms with Crippen LogP contribution in [0.4, 0.5) is 11.4 Å². The second-order valence-corrected chi connectivity index (χ2v) is 5.32. The number of nitrogens with one attached hydrogen (secondary N) is 2. The van der Waals surface area contributed by atoms with E-state index in [-0.39, 0.29) is 11.9 Å². The zero-order valence-electron chi connectivity index (χ0n) is 11.7. The highest BCUT2D eigenvalue weighted by Gasteiger charge is 2.30.